The molecule has 2 N–H and O–H groups in total. The van der Waals surface area contributed by atoms with Gasteiger partial charge in [0.1, 0.15) is 11.6 Å². The summed E-state index contributed by atoms with van der Waals surface area (Å²) in [6.45, 7) is 5.51. The van der Waals surface area contributed by atoms with Gasteiger partial charge in [-0.3, -0.25) is 9.52 Å². The van der Waals surface area contributed by atoms with Gasteiger partial charge in [0, 0.05) is 5.69 Å². The molecule has 0 aromatic heterocycles. The summed E-state index contributed by atoms with van der Waals surface area (Å²) in [5, 5.41) is 2.72. The minimum atomic E-state index is -3.78. The Balaban J connectivity index is 1.68. The molecule has 0 fully saturated rings. The van der Waals surface area contributed by atoms with Gasteiger partial charge in [0.25, 0.3) is 15.9 Å². The van der Waals surface area contributed by atoms with E-state index in [9.17, 15) is 17.6 Å². The largest absolute Gasteiger partial charge is 0.481 e. The molecule has 0 aliphatic carbocycles. The van der Waals surface area contributed by atoms with Crippen molar-refractivity contribution in [2.75, 3.05) is 10.0 Å². The molecule has 1 amide bonds. The Morgan fingerprint density at radius 2 is 1.66 bits per heavy atom. The zero-order chi connectivity index (χ0) is 23.3. The van der Waals surface area contributed by atoms with Crippen LogP contribution in [0.5, 0.6) is 5.75 Å². The Hall–Kier alpha value is -3.39. The van der Waals surface area contributed by atoms with Crippen molar-refractivity contribution >= 4 is 27.3 Å². The first-order chi connectivity index (χ1) is 15.2. The van der Waals surface area contributed by atoms with Crippen LogP contribution in [0.1, 0.15) is 24.5 Å². The maximum Gasteiger partial charge on any atom is 0.265 e. The van der Waals surface area contributed by atoms with E-state index in [0.29, 0.717) is 23.5 Å². The number of rotatable bonds is 8. The Labute approximate surface area is 187 Å². The van der Waals surface area contributed by atoms with Crippen molar-refractivity contribution in [3.8, 4) is 5.75 Å². The minimum absolute atomic E-state index is 0.0750. The van der Waals surface area contributed by atoms with Crippen molar-refractivity contribution in [2.24, 2.45) is 0 Å². The number of halogens is 1. The van der Waals surface area contributed by atoms with Gasteiger partial charge in [0.05, 0.1) is 10.6 Å². The SMILES string of the molecule is CC[C@H](Oc1ccc(F)cc1)C(=O)Nc1ccc(S(=O)(=O)Nc2cc(C)ccc2C)cc1. The molecule has 0 aliphatic heterocycles. The van der Waals surface area contributed by atoms with Crippen molar-refractivity contribution in [3.05, 3.63) is 83.7 Å². The van der Waals surface area contributed by atoms with Crippen molar-refractivity contribution < 1.29 is 22.3 Å². The molecule has 0 heterocycles. The maximum atomic E-state index is 13.0. The molecule has 168 valence electrons. The fourth-order valence-electron chi connectivity index (χ4n) is 2.99. The highest BCUT2D eigenvalue weighted by molar-refractivity contribution is 7.92. The first kappa shape index (κ1) is 23.3. The van der Waals surface area contributed by atoms with E-state index < -0.39 is 21.9 Å². The zero-order valence-corrected chi connectivity index (χ0v) is 18.9. The summed E-state index contributed by atoms with van der Waals surface area (Å²) in [7, 11) is -3.78. The third kappa shape index (κ3) is 5.85. The monoisotopic (exact) mass is 456 g/mol. The van der Waals surface area contributed by atoms with E-state index in [1.54, 1.807) is 13.0 Å². The summed E-state index contributed by atoms with van der Waals surface area (Å²) in [5.41, 5.74) is 2.71. The van der Waals surface area contributed by atoms with Crippen molar-refractivity contribution in [2.45, 2.75) is 38.2 Å². The van der Waals surface area contributed by atoms with E-state index in [1.807, 2.05) is 26.0 Å². The highest BCUT2D eigenvalue weighted by Crippen LogP contribution is 2.22. The number of hydrogen-bond acceptors (Lipinski definition) is 4. The number of carbonyl (C=O) groups is 1. The Kier molecular flexibility index (Phi) is 7.15. The minimum Gasteiger partial charge on any atom is -0.481 e. The van der Waals surface area contributed by atoms with E-state index in [4.69, 9.17) is 4.74 Å². The van der Waals surface area contributed by atoms with E-state index in [0.717, 1.165) is 11.1 Å². The molecular formula is C24H25FN2O4S. The number of amides is 1. The number of benzene rings is 3. The predicted molar refractivity (Wildman–Crippen MR) is 123 cm³/mol. The van der Waals surface area contributed by atoms with Gasteiger partial charge in [-0.15, -0.1) is 0 Å². The molecule has 0 spiro atoms. The molecule has 0 radical (unpaired) electrons. The fourth-order valence-corrected chi connectivity index (χ4v) is 4.11. The average Bonchev–Trinajstić information content (AvgIpc) is 2.76. The Bertz CT molecular complexity index is 1190. The molecule has 0 aliphatic rings. The number of nitrogens with one attached hydrogen (secondary N) is 2. The van der Waals surface area contributed by atoms with E-state index in [1.165, 1.54) is 48.5 Å². The molecule has 0 saturated heterocycles. The van der Waals surface area contributed by atoms with E-state index in [-0.39, 0.29) is 10.8 Å². The number of aryl methyl sites for hydroxylation is 2. The molecule has 8 heteroatoms. The van der Waals surface area contributed by atoms with Crippen LogP contribution in [0.2, 0.25) is 0 Å². The molecule has 3 aromatic rings. The van der Waals surface area contributed by atoms with Crippen LogP contribution in [0.3, 0.4) is 0 Å². The van der Waals surface area contributed by atoms with Gasteiger partial charge in [-0.25, -0.2) is 12.8 Å². The third-order valence-corrected chi connectivity index (χ3v) is 6.21. The van der Waals surface area contributed by atoms with Crippen LogP contribution in [0.25, 0.3) is 0 Å². The highest BCUT2D eigenvalue weighted by atomic mass is 32.2. The molecule has 1 atom stereocenters. The van der Waals surface area contributed by atoms with E-state index >= 15 is 0 Å². The number of hydrogen-bond donors (Lipinski definition) is 2. The van der Waals surface area contributed by atoms with Crippen LogP contribution < -0.4 is 14.8 Å². The molecule has 3 aromatic carbocycles. The predicted octanol–water partition coefficient (Wildman–Crippen LogP) is 5.04. The second-order valence-corrected chi connectivity index (χ2v) is 9.09. The summed E-state index contributed by atoms with van der Waals surface area (Å²) < 4.78 is 46.8. The summed E-state index contributed by atoms with van der Waals surface area (Å²) >= 11 is 0. The quantitative estimate of drug-likeness (QED) is 0.497. The van der Waals surface area contributed by atoms with Crippen LogP contribution >= 0.6 is 0 Å². The van der Waals surface area contributed by atoms with Crippen LogP contribution in [-0.2, 0) is 14.8 Å². The molecule has 0 unspecified atom stereocenters. The van der Waals surface area contributed by atoms with Crippen molar-refractivity contribution in [3.63, 3.8) is 0 Å². The second kappa shape index (κ2) is 9.82. The van der Waals surface area contributed by atoms with Gasteiger partial charge in [-0.1, -0.05) is 19.1 Å². The third-order valence-electron chi connectivity index (χ3n) is 4.82. The summed E-state index contributed by atoms with van der Waals surface area (Å²) in [4.78, 5) is 12.6. The van der Waals surface area contributed by atoms with Gasteiger partial charge >= 0.3 is 0 Å². The summed E-state index contributed by atoms with van der Waals surface area (Å²) in [6.07, 6.45) is -0.384. The molecule has 32 heavy (non-hydrogen) atoms. The molecule has 3 rings (SSSR count). The van der Waals surface area contributed by atoms with Gasteiger partial charge in [-0.2, -0.15) is 0 Å². The van der Waals surface area contributed by atoms with E-state index in [2.05, 4.69) is 10.0 Å². The molecular weight excluding hydrogens is 431 g/mol. The molecule has 6 nitrogen and oxygen atoms in total. The number of sulfonamides is 1. The van der Waals surface area contributed by atoms with Crippen molar-refractivity contribution in [1.29, 1.82) is 0 Å². The summed E-state index contributed by atoms with van der Waals surface area (Å²) in [6, 6.07) is 16.8. The first-order valence-corrected chi connectivity index (χ1v) is 11.6. The smallest absolute Gasteiger partial charge is 0.265 e. The average molecular weight is 457 g/mol. The number of anilines is 2. The number of carbonyl (C=O) groups excluding carboxylic acids is 1. The van der Waals surface area contributed by atoms with Gasteiger partial charge in [-0.05, 0) is 86.0 Å². The normalized spacial score (nSPS) is 12.1. The lowest BCUT2D eigenvalue weighted by Gasteiger charge is -2.17. The Morgan fingerprint density at radius 3 is 2.28 bits per heavy atom. The first-order valence-electron chi connectivity index (χ1n) is 10.1. The fraction of sp³-hybridized carbons (Fsp3) is 0.208. The lowest BCUT2D eigenvalue weighted by atomic mass is 10.1. The molecule has 0 bridgehead atoms. The number of ether oxygens (including phenoxy) is 1. The van der Waals surface area contributed by atoms with Crippen LogP contribution in [0, 0.1) is 19.7 Å². The summed E-state index contributed by atoms with van der Waals surface area (Å²) in [5.74, 6) is -0.398. The van der Waals surface area contributed by atoms with Crippen LogP contribution in [0.15, 0.2) is 71.6 Å². The highest BCUT2D eigenvalue weighted by Gasteiger charge is 2.20. The standard InChI is InChI=1S/C24H25FN2O4S/c1-4-23(31-20-11-7-18(25)8-12-20)24(28)26-19-9-13-21(14-10-19)32(29,30)27-22-15-16(2)5-6-17(22)3/h5-15,23,27H,4H2,1-3H3,(H,26,28)/t23-/m0/s1. The lowest BCUT2D eigenvalue weighted by Crippen LogP contribution is -2.32. The maximum absolute atomic E-state index is 13.0. The van der Waals surface area contributed by atoms with Crippen LogP contribution in [0.4, 0.5) is 15.8 Å². The van der Waals surface area contributed by atoms with Gasteiger partial charge in [0.2, 0.25) is 0 Å². The Morgan fingerprint density at radius 1 is 1.00 bits per heavy atom. The second-order valence-electron chi connectivity index (χ2n) is 7.41. The van der Waals surface area contributed by atoms with Gasteiger partial charge in [0.15, 0.2) is 6.10 Å². The topological polar surface area (TPSA) is 84.5 Å². The lowest BCUT2D eigenvalue weighted by molar-refractivity contribution is -0.122. The van der Waals surface area contributed by atoms with Gasteiger partial charge < -0.3 is 10.1 Å². The van der Waals surface area contributed by atoms with Crippen LogP contribution in [-0.4, -0.2) is 20.4 Å². The molecule has 0 saturated carbocycles. The zero-order valence-electron chi connectivity index (χ0n) is 18.1. The van der Waals surface area contributed by atoms with Crippen molar-refractivity contribution in [1.82, 2.24) is 0 Å².